The van der Waals surface area contributed by atoms with Crippen LogP contribution in [0.15, 0.2) is 0 Å². The van der Waals surface area contributed by atoms with Crippen molar-refractivity contribution in [3.05, 3.63) is 0 Å². The van der Waals surface area contributed by atoms with Gasteiger partial charge in [0.15, 0.2) is 0 Å². The highest BCUT2D eigenvalue weighted by molar-refractivity contribution is 5.86. The van der Waals surface area contributed by atoms with E-state index in [1.165, 1.54) is 32.1 Å². The Hall–Kier alpha value is -0.570. The topological polar surface area (TPSA) is 32.3 Å². The zero-order chi connectivity index (χ0) is 12.6. The van der Waals surface area contributed by atoms with Gasteiger partial charge in [-0.3, -0.25) is 4.79 Å². The number of amides is 1. The van der Waals surface area contributed by atoms with Gasteiger partial charge in [-0.1, -0.05) is 19.3 Å². The standard InChI is InChI=1S/C15H26N2O/c1-15(8-4-9-16-15)14(18)17-10-7-12-5-2-3-6-13(12)11-17/h12-13,16H,2-11H2,1H3. The van der Waals surface area contributed by atoms with Gasteiger partial charge in [0, 0.05) is 13.1 Å². The molecule has 2 aliphatic heterocycles. The molecule has 3 heteroatoms. The summed E-state index contributed by atoms with van der Waals surface area (Å²) in [5.74, 6) is 2.07. The molecule has 102 valence electrons. The van der Waals surface area contributed by atoms with Crippen molar-refractivity contribution < 1.29 is 4.79 Å². The average Bonchev–Trinajstić information content (AvgIpc) is 2.85. The summed E-state index contributed by atoms with van der Waals surface area (Å²) in [6.07, 6.45) is 8.93. The first-order valence-electron chi connectivity index (χ1n) is 7.73. The van der Waals surface area contributed by atoms with Gasteiger partial charge in [0.25, 0.3) is 0 Å². The highest BCUT2D eigenvalue weighted by atomic mass is 16.2. The molecule has 3 unspecified atom stereocenters. The van der Waals surface area contributed by atoms with Gasteiger partial charge in [0.1, 0.15) is 0 Å². The zero-order valence-corrected chi connectivity index (χ0v) is 11.6. The van der Waals surface area contributed by atoms with Crippen LogP contribution in [-0.2, 0) is 4.79 Å². The lowest BCUT2D eigenvalue weighted by molar-refractivity contribution is -0.140. The third-order valence-corrected chi connectivity index (χ3v) is 5.42. The summed E-state index contributed by atoms with van der Waals surface area (Å²) in [6, 6.07) is 0. The summed E-state index contributed by atoms with van der Waals surface area (Å²) in [7, 11) is 0. The molecule has 0 radical (unpaired) electrons. The fraction of sp³-hybridized carbons (Fsp3) is 0.933. The van der Waals surface area contributed by atoms with Crippen molar-refractivity contribution in [2.45, 2.75) is 57.4 Å². The SMILES string of the molecule is CC1(C(=O)N2CCC3CCCCC3C2)CCCN1. The van der Waals surface area contributed by atoms with Crippen LogP contribution in [-0.4, -0.2) is 36.0 Å². The van der Waals surface area contributed by atoms with E-state index in [0.717, 1.165) is 44.3 Å². The Balaban J connectivity index is 1.64. The molecule has 1 N–H and O–H groups in total. The van der Waals surface area contributed by atoms with Crippen LogP contribution in [0.2, 0.25) is 0 Å². The minimum atomic E-state index is -0.262. The number of hydrogen-bond acceptors (Lipinski definition) is 2. The number of likely N-dealkylation sites (tertiary alicyclic amines) is 1. The van der Waals surface area contributed by atoms with E-state index in [-0.39, 0.29) is 5.54 Å². The van der Waals surface area contributed by atoms with Crippen molar-refractivity contribution in [2.24, 2.45) is 11.8 Å². The van der Waals surface area contributed by atoms with E-state index >= 15 is 0 Å². The number of nitrogens with zero attached hydrogens (tertiary/aromatic N) is 1. The molecule has 0 aromatic rings. The van der Waals surface area contributed by atoms with Crippen LogP contribution < -0.4 is 5.32 Å². The minimum Gasteiger partial charge on any atom is -0.341 e. The molecule has 3 atom stereocenters. The van der Waals surface area contributed by atoms with Crippen molar-refractivity contribution >= 4 is 5.91 Å². The molecular formula is C15H26N2O. The zero-order valence-electron chi connectivity index (χ0n) is 11.6. The van der Waals surface area contributed by atoms with E-state index < -0.39 is 0 Å². The molecule has 0 aromatic heterocycles. The Labute approximate surface area is 110 Å². The molecule has 2 heterocycles. The fourth-order valence-electron chi connectivity index (χ4n) is 4.21. The van der Waals surface area contributed by atoms with Crippen LogP contribution in [0.4, 0.5) is 0 Å². The molecule has 3 fully saturated rings. The average molecular weight is 250 g/mol. The molecule has 3 nitrogen and oxygen atoms in total. The van der Waals surface area contributed by atoms with Gasteiger partial charge in [-0.05, 0) is 51.0 Å². The Morgan fingerprint density at radius 1 is 1.17 bits per heavy atom. The Morgan fingerprint density at radius 3 is 2.67 bits per heavy atom. The molecule has 2 saturated heterocycles. The number of piperidine rings is 1. The molecule has 1 saturated carbocycles. The summed E-state index contributed by atoms with van der Waals surface area (Å²) in [4.78, 5) is 14.8. The second-order valence-corrected chi connectivity index (χ2v) is 6.71. The third-order valence-electron chi connectivity index (χ3n) is 5.42. The van der Waals surface area contributed by atoms with E-state index in [1.54, 1.807) is 0 Å². The normalized spacial score (nSPS) is 40.6. The summed E-state index contributed by atoms with van der Waals surface area (Å²) in [5.41, 5.74) is -0.262. The van der Waals surface area contributed by atoms with Crippen LogP contribution in [0.5, 0.6) is 0 Å². The van der Waals surface area contributed by atoms with Crippen LogP contribution in [0.1, 0.15) is 51.9 Å². The van der Waals surface area contributed by atoms with E-state index in [2.05, 4.69) is 17.1 Å². The highest BCUT2D eigenvalue weighted by Crippen LogP contribution is 2.37. The van der Waals surface area contributed by atoms with E-state index in [1.807, 2.05) is 0 Å². The van der Waals surface area contributed by atoms with Gasteiger partial charge in [0.2, 0.25) is 5.91 Å². The molecule has 0 aromatic carbocycles. The van der Waals surface area contributed by atoms with E-state index in [9.17, 15) is 4.79 Å². The van der Waals surface area contributed by atoms with Crippen LogP contribution in [0.3, 0.4) is 0 Å². The second kappa shape index (κ2) is 4.84. The van der Waals surface area contributed by atoms with Gasteiger partial charge < -0.3 is 10.2 Å². The molecule has 0 bridgehead atoms. The summed E-state index contributed by atoms with van der Waals surface area (Å²) >= 11 is 0. The predicted molar refractivity (Wildman–Crippen MR) is 72.3 cm³/mol. The molecular weight excluding hydrogens is 224 g/mol. The first-order chi connectivity index (χ1) is 8.69. The quantitative estimate of drug-likeness (QED) is 0.773. The Bertz CT molecular complexity index is 322. The van der Waals surface area contributed by atoms with Crippen molar-refractivity contribution in [2.75, 3.05) is 19.6 Å². The number of carbonyl (C=O) groups excluding carboxylic acids is 1. The summed E-state index contributed by atoms with van der Waals surface area (Å²) < 4.78 is 0. The van der Waals surface area contributed by atoms with Crippen LogP contribution >= 0.6 is 0 Å². The van der Waals surface area contributed by atoms with Crippen molar-refractivity contribution in [1.82, 2.24) is 10.2 Å². The van der Waals surface area contributed by atoms with Crippen LogP contribution in [0.25, 0.3) is 0 Å². The lowest BCUT2D eigenvalue weighted by atomic mass is 9.75. The number of rotatable bonds is 1. The maximum absolute atomic E-state index is 12.7. The number of carbonyl (C=O) groups is 1. The summed E-state index contributed by atoms with van der Waals surface area (Å²) in [5, 5.41) is 3.41. The number of hydrogen-bond donors (Lipinski definition) is 1. The van der Waals surface area contributed by atoms with Gasteiger partial charge in [-0.15, -0.1) is 0 Å². The molecule has 3 aliphatic rings. The largest absolute Gasteiger partial charge is 0.341 e. The van der Waals surface area contributed by atoms with Crippen molar-refractivity contribution in [3.63, 3.8) is 0 Å². The second-order valence-electron chi connectivity index (χ2n) is 6.71. The minimum absolute atomic E-state index is 0.262. The maximum Gasteiger partial charge on any atom is 0.242 e. The van der Waals surface area contributed by atoms with E-state index in [4.69, 9.17) is 0 Å². The Kier molecular flexibility index (Phi) is 3.35. The molecule has 18 heavy (non-hydrogen) atoms. The molecule has 3 rings (SSSR count). The Morgan fingerprint density at radius 2 is 1.94 bits per heavy atom. The first-order valence-corrected chi connectivity index (χ1v) is 7.73. The monoisotopic (exact) mass is 250 g/mol. The molecule has 1 aliphatic carbocycles. The van der Waals surface area contributed by atoms with Gasteiger partial charge in [0.05, 0.1) is 5.54 Å². The maximum atomic E-state index is 12.7. The third kappa shape index (κ3) is 2.18. The number of fused-ring (bicyclic) bond motifs is 1. The van der Waals surface area contributed by atoms with Crippen molar-refractivity contribution in [1.29, 1.82) is 0 Å². The van der Waals surface area contributed by atoms with E-state index in [0.29, 0.717) is 5.91 Å². The molecule has 0 spiro atoms. The van der Waals surface area contributed by atoms with Gasteiger partial charge in [-0.25, -0.2) is 0 Å². The lowest BCUT2D eigenvalue weighted by Crippen LogP contribution is -2.56. The molecule has 1 amide bonds. The number of nitrogens with one attached hydrogen (secondary N) is 1. The lowest BCUT2D eigenvalue weighted by Gasteiger charge is -2.43. The van der Waals surface area contributed by atoms with Crippen LogP contribution in [0, 0.1) is 11.8 Å². The highest BCUT2D eigenvalue weighted by Gasteiger charge is 2.41. The smallest absolute Gasteiger partial charge is 0.242 e. The van der Waals surface area contributed by atoms with Gasteiger partial charge >= 0.3 is 0 Å². The predicted octanol–water partition coefficient (Wildman–Crippen LogP) is 2.17. The summed E-state index contributed by atoms with van der Waals surface area (Å²) in [6.45, 7) is 5.12. The fourth-order valence-corrected chi connectivity index (χ4v) is 4.21. The van der Waals surface area contributed by atoms with Gasteiger partial charge in [-0.2, -0.15) is 0 Å². The first kappa shape index (κ1) is 12.5. The van der Waals surface area contributed by atoms with Crippen molar-refractivity contribution in [3.8, 4) is 0 Å².